The Morgan fingerprint density at radius 1 is 1.29 bits per heavy atom. The molecular weight excluding hydrogens is 394 g/mol. The minimum atomic E-state index is -3.90. The summed E-state index contributed by atoms with van der Waals surface area (Å²) in [5.41, 5.74) is -0.00949. The Morgan fingerprint density at radius 2 is 2.07 bits per heavy atom. The maximum atomic E-state index is 13.4. The second kappa shape index (κ2) is 6.83. The monoisotopic (exact) mass is 412 g/mol. The number of halogens is 2. The number of benzene rings is 1. The molecule has 8 nitrogen and oxygen atoms in total. The van der Waals surface area contributed by atoms with Crippen LogP contribution in [-0.4, -0.2) is 44.1 Å². The number of nitrogens with zero attached hydrogens (tertiary/aromatic N) is 1. The summed E-state index contributed by atoms with van der Waals surface area (Å²) in [7, 11) is -2.40. The van der Waals surface area contributed by atoms with Crippen molar-refractivity contribution >= 4 is 21.6 Å². The van der Waals surface area contributed by atoms with E-state index in [-0.39, 0.29) is 40.7 Å². The van der Waals surface area contributed by atoms with Gasteiger partial charge in [-0.1, -0.05) is 0 Å². The summed E-state index contributed by atoms with van der Waals surface area (Å²) in [5, 5.41) is 5.60. The molecule has 1 amide bonds. The lowest BCUT2D eigenvalue weighted by Crippen LogP contribution is -2.47. The second-order valence-electron chi connectivity index (χ2n) is 6.75. The first-order valence-corrected chi connectivity index (χ1v) is 10.1. The Bertz CT molecular complexity index is 1050. The van der Waals surface area contributed by atoms with Gasteiger partial charge >= 0.3 is 0 Å². The molecule has 0 radical (unpaired) electrons. The molecule has 0 aliphatic carbocycles. The SMILES string of the molecule is Cn1cc2c(c1C(=O)Nc1ccc(F)c(F)c1)OC[C@H]1NCC[C@H]1NS2(=O)=O. The van der Waals surface area contributed by atoms with E-state index in [4.69, 9.17) is 4.74 Å². The highest BCUT2D eigenvalue weighted by molar-refractivity contribution is 7.89. The summed E-state index contributed by atoms with van der Waals surface area (Å²) in [4.78, 5) is 12.6. The van der Waals surface area contributed by atoms with Crippen molar-refractivity contribution in [1.29, 1.82) is 0 Å². The Kier molecular flexibility index (Phi) is 4.60. The van der Waals surface area contributed by atoms with Crippen LogP contribution in [0.25, 0.3) is 0 Å². The minimum Gasteiger partial charge on any atom is -0.488 e. The first-order valence-electron chi connectivity index (χ1n) is 8.60. The van der Waals surface area contributed by atoms with Gasteiger partial charge in [0.05, 0.1) is 6.04 Å². The fraction of sp³-hybridized carbons (Fsp3) is 0.353. The van der Waals surface area contributed by atoms with Crippen LogP contribution in [0, 0.1) is 11.6 Å². The Labute approximate surface area is 159 Å². The van der Waals surface area contributed by atoms with Gasteiger partial charge in [-0.25, -0.2) is 21.9 Å². The van der Waals surface area contributed by atoms with Gasteiger partial charge in [-0.3, -0.25) is 4.79 Å². The van der Waals surface area contributed by atoms with Gasteiger partial charge in [0.2, 0.25) is 10.0 Å². The average molecular weight is 412 g/mol. The van der Waals surface area contributed by atoms with E-state index in [2.05, 4.69) is 15.4 Å². The van der Waals surface area contributed by atoms with Gasteiger partial charge in [-0.15, -0.1) is 0 Å². The number of ether oxygens (including phenoxy) is 1. The second-order valence-corrected chi connectivity index (χ2v) is 8.44. The van der Waals surface area contributed by atoms with Gasteiger partial charge in [0.1, 0.15) is 11.5 Å². The molecule has 0 spiro atoms. The smallest absolute Gasteiger partial charge is 0.276 e. The first kappa shape index (κ1) is 18.8. The summed E-state index contributed by atoms with van der Waals surface area (Å²) < 4.78 is 61.7. The van der Waals surface area contributed by atoms with Crippen LogP contribution in [0.1, 0.15) is 16.9 Å². The van der Waals surface area contributed by atoms with Crippen molar-refractivity contribution in [3.63, 3.8) is 0 Å². The van der Waals surface area contributed by atoms with Crippen LogP contribution in [-0.2, 0) is 17.1 Å². The molecule has 28 heavy (non-hydrogen) atoms. The van der Waals surface area contributed by atoms with Crippen LogP contribution in [0.5, 0.6) is 5.75 Å². The van der Waals surface area contributed by atoms with E-state index >= 15 is 0 Å². The highest BCUT2D eigenvalue weighted by Crippen LogP contribution is 2.33. The third-order valence-corrected chi connectivity index (χ3v) is 6.33. The minimum absolute atomic E-state index is 0.0307. The van der Waals surface area contributed by atoms with E-state index < -0.39 is 27.6 Å². The molecule has 1 fully saturated rings. The molecular formula is C17H18F2N4O4S. The van der Waals surface area contributed by atoms with Crippen molar-refractivity contribution in [2.75, 3.05) is 18.5 Å². The lowest BCUT2D eigenvalue weighted by molar-refractivity contribution is 0.101. The molecule has 2 aliphatic heterocycles. The van der Waals surface area contributed by atoms with Crippen LogP contribution in [0.2, 0.25) is 0 Å². The van der Waals surface area contributed by atoms with Crippen molar-refractivity contribution in [2.45, 2.75) is 23.4 Å². The van der Waals surface area contributed by atoms with Gasteiger partial charge < -0.3 is 19.9 Å². The quantitative estimate of drug-likeness (QED) is 0.682. The van der Waals surface area contributed by atoms with Crippen LogP contribution in [0.4, 0.5) is 14.5 Å². The van der Waals surface area contributed by atoms with Crippen molar-refractivity contribution < 1.29 is 26.7 Å². The summed E-state index contributed by atoms with van der Waals surface area (Å²) in [6, 6.07) is 2.42. The number of aromatic nitrogens is 1. The maximum Gasteiger partial charge on any atom is 0.276 e. The number of hydrogen-bond acceptors (Lipinski definition) is 5. The molecule has 2 aromatic rings. The molecule has 3 N–H and O–H groups in total. The number of amides is 1. The fourth-order valence-corrected chi connectivity index (χ4v) is 4.96. The van der Waals surface area contributed by atoms with E-state index in [0.29, 0.717) is 13.0 Å². The van der Waals surface area contributed by atoms with Crippen LogP contribution >= 0.6 is 0 Å². The molecule has 1 aromatic heterocycles. The number of rotatable bonds is 2. The van der Waals surface area contributed by atoms with Crippen LogP contribution in [0.3, 0.4) is 0 Å². The van der Waals surface area contributed by atoms with Crippen LogP contribution in [0.15, 0.2) is 29.3 Å². The predicted octanol–water partition coefficient (Wildman–Crippen LogP) is 0.957. The zero-order valence-electron chi connectivity index (χ0n) is 14.8. The van der Waals surface area contributed by atoms with Gasteiger partial charge in [0, 0.05) is 31.0 Å². The fourth-order valence-electron chi connectivity index (χ4n) is 3.45. The lowest BCUT2D eigenvalue weighted by atomic mass is 10.1. The highest BCUT2D eigenvalue weighted by atomic mass is 32.2. The number of anilines is 1. The molecule has 4 rings (SSSR count). The number of sulfonamides is 1. The van der Waals surface area contributed by atoms with E-state index in [0.717, 1.165) is 12.1 Å². The van der Waals surface area contributed by atoms with Gasteiger partial charge in [0.25, 0.3) is 5.91 Å². The van der Waals surface area contributed by atoms with E-state index in [1.165, 1.54) is 23.9 Å². The molecule has 0 bridgehead atoms. The first-order chi connectivity index (χ1) is 13.3. The van der Waals surface area contributed by atoms with Crippen molar-refractivity contribution in [3.05, 3.63) is 41.7 Å². The van der Waals surface area contributed by atoms with E-state index in [1.54, 1.807) is 0 Å². The Hall–Kier alpha value is -2.50. The van der Waals surface area contributed by atoms with Gasteiger partial charge in [-0.2, -0.15) is 0 Å². The standard InChI is InChI=1S/C17H18F2N4O4S/c1-23-7-14-16(27-8-13-12(4-5-20-13)22-28(14,25)26)15(23)17(24)21-9-2-3-10(18)11(19)6-9/h2-3,6-7,12-13,20,22H,4-5,8H2,1H3,(H,21,24)/t12-,13-/m1/s1. The van der Waals surface area contributed by atoms with Crippen LogP contribution < -0.4 is 20.1 Å². The topological polar surface area (TPSA) is 101 Å². The Balaban J connectivity index is 1.70. The molecule has 0 saturated carbocycles. The molecule has 0 unspecified atom stereocenters. The van der Waals surface area contributed by atoms with Crippen molar-refractivity contribution in [3.8, 4) is 5.75 Å². The highest BCUT2D eigenvalue weighted by Gasteiger charge is 2.38. The van der Waals surface area contributed by atoms with Crippen molar-refractivity contribution in [2.24, 2.45) is 7.05 Å². The maximum absolute atomic E-state index is 13.4. The number of fused-ring (bicyclic) bond motifs is 2. The van der Waals surface area contributed by atoms with E-state index in [1.807, 2.05) is 0 Å². The molecule has 150 valence electrons. The number of hydrogen-bond donors (Lipinski definition) is 3. The molecule has 1 saturated heterocycles. The summed E-state index contributed by atoms with van der Waals surface area (Å²) in [5.74, 6) is -2.94. The normalized spacial score (nSPS) is 23.1. The molecule has 1 aromatic carbocycles. The third kappa shape index (κ3) is 3.25. The zero-order chi connectivity index (χ0) is 20.1. The number of carbonyl (C=O) groups excluding carboxylic acids is 1. The number of nitrogens with one attached hydrogen (secondary N) is 3. The molecule has 2 aliphatic rings. The molecule has 2 atom stereocenters. The molecule has 3 heterocycles. The number of aryl methyl sites for hydroxylation is 1. The van der Waals surface area contributed by atoms with Crippen molar-refractivity contribution in [1.82, 2.24) is 14.6 Å². The third-order valence-electron chi connectivity index (χ3n) is 4.85. The number of carbonyl (C=O) groups is 1. The van der Waals surface area contributed by atoms with Gasteiger partial charge in [0.15, 0.2) is 23.1 Å². The van der Waals surface area contributed by atoms with Gasteiger partial charge in [-0.05, 0) is 25.1 Å². The predicted molar refractivity (Wildman–Crippen MR) is 95.7 cm³/mol. The average Bonchev–Trinajstić information content (AvgIpc) is 3.18. The summed E-state index contributed by atoms with van der Waals surface area (Å²) >= 11 is 0. The molecule has 11 heteroatoms. The zero-order valence-corrected chi connectivity index (χ0v) is 15.6. The van der Waals surface area contributed by atoms with E-state index in [9.17, 15) is 22.0 Å². The Morgan fingerprint density at radius 3 is 2.82 bits per heavy atom. The summed E-state index contributed by atoms with van der Waals surface area (Å²) in [6.07, 6.45) is 1.93. The summed E-state index contributed by atoms with van der Waals surface area (Å²) in [6.45, 7) is 0.832. The largest absolute Gasteiger partial charge is 0.488 e. The lowest BCUT2D eigenvalue weighted by Gasteiger charge is -2.24.